The quantitative estimate of drug-likeness (QED) is 0.566. The normalized spacial score (nSPS) is 14.8. The summed E-state index contributed by atoms with van der Waals surface area (Å²) < 4.78 is 31.1. The molecule has 0 bridgehead atoms. The van der Waals surface area contributed by atoms with Crippen LogP contribution in [0.5, 0.6) is 0 Å². The number of amides is 1. The first-order valence-electron chi connectivity index (χ1n) is 10.5. The molecule has 1 aliphatic heterocycles. The molecule has 7 nitrogen and oxygen atoms in total. The number of carbonyl (C=O) groups excluding carboxylic acids is 2. The number of nitrogens with zero attached hydrogens (tertiary/aromatic N) is 2. The van der Waals surface area contributed by atoms with Gasteiger partial charge in [0.2, 0.25) is 10.0 Å². The lowest BCUT2D eigenvalue weighted by molar-refractivity contribution is -0.149. The topological polar surface area (TPSA) is 84.0 Å². The molecule has 172 valence electrons. The van der Waals surface area contributed by atoms with Crippen LogP contribution in [0.4, 0.5) is 5.69 Å². The summed E-state index contributed by atoms with van der Waals surface area (Å²) in [6.45, 7) is 3.25. The molecule has 32 heavy (non-hydrogen) atoms. The second-order valence-electron chi connectivity index (χ2n) is 7.76. The van der Waals surface area contributed by atoms with Gasteiger partial charge in [-0.25, -0.2) is 8.42 Å². The minimum Gasteiger partial charge on any atom is -0.466 e. The number of carbonyl (C=O) groups is 2. The Morgan fingerprint density at radius 1 is 1.06 bits per heavy atom. The molecule has 9 heteroatoms. The molecule has 0 spiro atoms. The fourth-order valence-corrected chi connectivity index (χ4v) is 4.70. The van der Waals surface area contributed by atoms with Crippen molar-refractivity contribution in [3.63, 3.8) is 0 Å². The molecule has 0 aliphatic carbocycles. The van der Waals surface area contributed by atoms with Crippen LogP contribution in [-0.2, 0) is 26.1 Å². The Balaban J connectivity index is 1.69. The van der Waals surface area contributed by atoms with E-state index in [4.69, 9.17) is 16.3 Å². The zero-order valence-corrected chi connectivity index (χ0v) is 19.7. The van der Waals surface area contributed by atoms with Crippen LogP contribution >= 0.6 is 11.6 Å². The molecule has 0 radical (unpaired) electrons. The maximum Gasteiger partial charge on any atom is 0.309 e. The summed E-state index contributed by atoms with van der Waals surface area (Å²) >= 11 is 5.91. The van der Waals surface area contributed by atoms with E-state index in [9.17, 15) is 18.0 Å². The molecule has 0 N–H and O–H groups in total. The van der Waals surface area contributed by atoms with Crippen LogP contribution in [0.3, 0.4) is 0 Å². The molecule has 1 amide bonds. The molecule has 1 heterocycles. The van der Waals surface area contributed by atoms with Crippen LogP contribution in [-0.4, -0.2) is 51.1 Å². The smallest absolute Gasteiger partial charge is 0.309 e. The first kappa shape index (κ1) is 24.1. The van der Waals surface area contributed by atoms with Crippen molar-refractivity contribution in [3.8, 4) is 0 Å². The third-order valence-corrected chi connectivity index (χ3v) is 6.84. The van der Waals surface area contributed by atoms with Gasteiger partial charge in [-0.3, -0.25) is 13.9 Å². The van der Waals surface area contributed by atoms with Crippen LogP contribution in [0.2, 0.25) is 5.02 Å². The lowest BCUT2D eigenvalue weighted by Gasteiger charge is -2.31. The number of piperidine rings is 1. The molecule has 1 fully saturated rings. The maximum atomic E-state index is 12.9. The largest absolute Gasteiger partial charge is 0.466 e. The molecule has 0 saturated carbocycles. The van der Waals surface area contributed by atoms with Gasteiger partial charge in [0.1, 0.15) is 0 Å². The van der Waals surface area contributed by atoms with Gasteiger partial charge in [0.15, 0.2) is 0 Å². The minimum atomic E-state index is -3.54. The average molecular weight is 479 g/mol. The van der Waals surface area contributed by atoms with Crippen LogP contribution in [0.15, 0.2) is 48.5 Å². The van der Waals surface area contributed by atoms with Gasteiger partial charge >= 0.3 is 5.97 Å². The SMILES string of the molecule is CCOC(=O)C1CCN(C(=O)c2ccc(N(Cc3ccc(Cl)cc3)S(C)(=O)=O)cc2)CC1. The van der Waals surface area contributed by atoms with E-state index >= 15 is 0 Å². The summed E-state index contributed by atoms with van der Waals surface area (Å²) in [4.78, 5) is 26.5. The second-order valence-corrected chi connectivity index (χ2v) is 10.1. The highest BCUT2D eigenvalue weighted by Crippen LogP contribution is 2.24. The van der Waals surface area contributed by atoms with Crippen LogP contribution in [0.1, 0.15) is 35.7 Å². The van der Waals surface area contributed by atoms with E-state index in [-0.39, 0.29) is 24.3 Å². The Morgan fingerprint density at radius 2 is 1.66 bits per heavy atom. The Labute approximate surface area is 194 Å². The van der Waals surface area contributed by atoms with E-state index in [2.05, 4.69) is 0 Å². The zero-order chi connectivity index (χ0) is 23.3. The van der Waals surface area contributed by atoms with Crippen LogP contribution < -0.4 is 4.31 Å². The number of rotatable bonds is 7. The monoisotopic (exact) mass is 478 g/mol. The van der Waals surface area contributed by atoms with Gasteiger partial charge in [0, 0.05) is 23.7 Å². The third-order valence-electron chi connectivity index (χ3n) is 5.44. The fraction of sp³-hybridized carbons (Fsp3) is 0.391. The van der Waals surface area contributed by atoms with Gasteiger partial charge in [0.25, 0.3) is 5.91 Å². The molecule has 0 atom stereocenters. The van der Waals surface area contributed by atoms with Crippen molar-refractivity contribution in [2.24, 2.45) is 5.92 Å². The minimum absolute atomic E-state index is 0.137. The molecule has 2 aromatic carbocycles. The highest BCUT2D eigenvalue weighted by Gasteiger charge is 2.28. The number of sulfonamides is 1. The summed E-state index contributed by atoms with van der Waals surface area (Å²) in [5.74, 6) is -0.509. The van der Waals surface area contributed by atoms with Gasteiger partial charge in [0.05, 0.1) is 31.0 Å². The Bertz CT molecular complexity index is 1050. The third kappa shape index (κ3) is 6.01. The standard InChI is InChI=1S/C23H27ClN2O5S/c1-3-31-23(28)19-12-14-25(15-13-19)22(27)18-6-10-21(11-7-18)26(32(2,29)30)16-17-4-8-20(24)9-5-17/h4-11,19H,3,12-16H2,1-2H3. The van der Waals surface area contributed by atoms with Crippen molar-refractivity contribution in [2.45, 2.75) is 26.3 Å². The van der Waals surface area contributed by atoms with E-state index in [0.717, 1.165) is 11.8 Å². The van der Waals surface area contributed by atoms with Crippen LogP contribution in [0.25, 0.3) is 0 Å². The molecular formula is C23H27ClN2O5S. The Hall–Kier alpha value is -2.58. The highest BCUT2D eigenvalue weighted by atomic mass is 35.5. The predicted molar refractivity (Wildman–Crippen MR) is 124 cm³/mol. The molecule has 1 saturated heterocycles. The van der Waals surface area contributed by atoms with Crippen molar-refractivity contribution in [1.29, 1.82) is 0 Å². The molecule has 0 unspecified atom stereocenters. The van der Waals surface area contributed by atoms with Crippen molar-refractivity contribution < 1.29 is 22.7 Å². The van der Waals surface area contributed by atoms with Crippen molar-refractivity contribution >= 4 is 39.2 Å². The summed E-state index contributed by atoms with van der Waals surface area (Å²) in [7, 11) is -3.54. The number of anilines is 1. The first-order valence-corrected chi connectivity index (χ1v) is 12.7. The van der Waals surface area contributed by atoms with E-state index in [1.165, 1.54) is 4.31 Å². The van der Waals surface area contributed by atoms with Crippen LogP contribution in [0, 0.1) is 5.92 Å². The van der Waals surface area contributed by atoms with Gasteiger partial charge < -0.3 is 9.64 Å². The van der Waals surface area contributed by atoms with Crippen molar-refractivity contribution in [2.75, 3.05) is 30.3 Å². The van der Waals surface area contributed by atoms with Crippen molar-refractivity contribution in [3.05, 3.63) is 64.7 Å². The molecule has 1 aliphatic rings. The summed E-state index contributed by atoms with van der Waals surface area (Å²) in [6.07, 6.45) is 2.30. The summed E-state index contributed by atoms with van der Waals surface area (Å²) in [6, 6.07) is 13.5. The molecule has 0 aromatic heterocycles. The average Bonchev–Trinajstić information content (AvgIpc) is 2.78. The lowest BCUT2D eigenvalue weighted by atomic mass is 9.96. The van der Waals surface area contributed by atoms with E-state index in [1.807, 2.05) is 0 Å². The number of likely N-dealkylation sites (tertiary alicyclic amines) is 1. The Kier molecular flexibility index (Phi) is 7.79. The molecule has 2 aromatic rings. The fourth-order valence-electron chi connectivity index (χ4n) is 3.69. The van der Waals surface area contributed by atoms with Crippen molar-refractivity contribution in [1.82, 2.24) is 4.90 Å². The number of halogens is 1. The van der Waals surface area contributed by atoms with Gasteiger partial charge in [-0.05, 0) is 61.7 Å². The number of hydrogen-bond acceptors (Lipinski definition) is 5. The first-order chi connectivity index (χ1) is 15.2. The Morgan fingerprint density at radius 3 is 2.19 bits per heavy atom. The zero-order valence-electron chi connectivity index (χ0n) is 18.2. The molecule has 3 rings (SSSR count). The number of ether oxygens (including phenoxy) is 1. The second kappa shape index (κ2) is 10.4. The van der Waals surface area contributed by atoms with E-state index in [1.54, 1.807) is 60.4 Å². The van der Waals surface area contributed by atoms with E-state index in [0.29, 0.717) is 48.8 Å². The predicted octanol–water partition coefficient (Wildman–Crippen LogP) is 3.72. The number of hydrogen-bond donors (Lipinski definition) is 0. The van der Waals surface area contributed by atoms with E-state index < -0.39 is 10.0 Å². The van der Waals surface area contributed by atoms with Gasteiger partial charge in [-0.2, -0.15) is 0 Å². The summed E-state index contributed by atoms with van der Waals surface area (Å²) in [5.41, 5.74) is 1.74. The summed E-state index contributed by atoms with van der Waals surface area (Å²) in [5, 5.41) is 0.578. The molecular weight excluding hydrogens is 452 g/mol. The lowest BCUT2D eigenvalue weighted by Crippen LogP contribution is -2.40. The number of esters is 1. The maximum absolute atomic E-state index is 12.9. The van der Waals surface area contributed by atoms with Gasteiger partial charge in [-0.15, -0.1) is 0 Å². The highest BCUT2D eigenvalue weighted by molar-refractivity contribution is 7.92. The van der Waals surface area contributed by atoms with Gasteiger partial charge in [-0.1, -0.05) is 23.7 Å². The number of benzene rings is 2.